The number of nitrogens with zero attached hydrogens (tertiary/aromatic N) is 2. The molecule has 0 saturated heterocycles. The Morgan fingerprint density at radius 1 is 0.968 bits per heavy atom. The minimum absolute atomic E-state index is 0.192. The molecule has 0 fully saturated rings. The molecule has 0 aliphatic rings. The number of H-pyrrole nitrogens is 1. The van der Waals surface area contributed by atoms with Crippen LogP contribution in [0.4, 0.5) is 5.69 Å². The highest BCUT2D eigenvalue weighted by Crippen LogP contribution is 2.26. The lowest BCUT2D eigenvalue weighted by atomic mass is 10.1. The Bertz CT molecular complexity index is 1150. The van der Waals surface area contributed by atoms with Crippen molar-refractivity contribution in [3.05, 3.63) is 95.8 Å². The molecule has 156 valence electrons. The van der Waals surface area contributed by atoms with Gasteiger partial charge in [-0.15, -0.1) is 0 Å². The fraction of sp³-hybridized carbons (Fsp3) is 0.160. The molecule has 4 aromatic rings. The van der Waals surface area contributed by atoms with Gasteiger partial charge in [0.25, 0.3) is 5.91 Å². The van der Waals surface area contributed by atoms with Crippen LogP contribution >= 0.6 is 0 Å². The number of anilines is 1. The first-order valence-electron chi connectivity index (χ1n) is 10.2. The van der Waals surface area contributed by atoms with E-state index in [0.717, 1.165) is 22.7 Å². The van der Waals surface area contributed by atoms with Crippen LogP contribution in [0.25, 0.3) is 11.4 Å². The molecule has 1 aromatic heterocycles. The summed E-state index contributed by atoms with van der Waals surface area (Å²) in [5, 5.41) is 10.2. The zero-order valence-corrected chi connectivity index (χ0v) is 17.5. The lowest BCUT2D eigenvalue weighted by Crippen LogP contribution is -2.13. The summed E-state index contributed by atoms with van der Waals surface area (Å²) >= 11 is 0. The van der Waals surface area contributed by atoms with Crippen molar-refractivity contribution < 1.29 is 9.53 Å². The molecule has 0 saturated carbocycles. The van der Waals surface area contributed by atoms with Gasteiger partial charge in [0, 0.05) is 17.0 Å². The normalized spacial score (nSPS) is 10.8. The second-order valence-corrected chi connectivity index (χ2v) is 7.50. The molecular formula is C25H24N4O2. The van der Waals surface area contributed by atoms with Gasteiger partial charge in [0.05, 0.1) is 5.69 Å². The van der Waals surface area contributed by atoms with Crippen LogP contribution in [0.1, 0.15) is 41.5 Å². The van der Waals surface area contributed by atoms with Crippen molar-refractivity contribution in [1.29, 1.82) is 0 Å². The largest absolute Gasteiger partial charge is 0.489 e. The van der Waals surface area contributed by atoms with Crippen LogP contribution in [0.15, 0.2) is 78.9 Å². The Labute approximate surface area is 181 Å². The first kappa shape index (κ1) is 20.3. The number of aromatic nitrogens is 3. The smallest absolute Gasteiger partial charge is 0.255 e. The Kier molecular flexibility index (Phi) is 6.08. The third-order valence-electron chi connectivity index (χ3n) is 4.83. The lowest BCUT2D eigenvalue weighted by molar-refractivity contribution is 0.102. The fourth-order valence-corrected chi connectivity index (χ4v) is 3.07. The number of hydrogen-bond donors (Lipinski definition) is 2. The van der Waals surface area contributed by atoms with Crippen LogP contribution in [-0.2, 0) is 6.61 Å². The molecular weight excluding hydrogens is 388 g/mol. The third kappa shape index (κ3) is 4.98. The minimum Gasteiger partial charge on any atom is -0.489 e. The molecule has 6 heteroatoms. The molecule has 4 rings (SSSR count). The Balaban J connectivity index is 1.45. The van der Waals surface area contributed by atoms with E-state index < -0.39 is 0 Å². The number of benzene rings is 3. The predicted molar refractivity (Wildman–Crippen MR) is 121 cm³/mol. The number of hydrogen-bond acceptors (Lipinski definition) is 4. The van der Waals surface area contributed by atoms with Gasteiger partial charge in [-0.05, 0) is 42.0 Å². The van der Waals surface area contributed by atoms with Gasteiger partial charge in [-0.2, -0.15) is 5.10 Å². The van der Waals surface area contributed by atoms with Crippen molar-refractivity contribution in [1.82, 2.24) is 15.2 Å². The molecule has 2 N–H and O–H groups in total. The van der Waals surface area contributed by atoms with Crippen molar-refractivity contribution in [3.8, 4) is 17.1 Å². The van der Waals surface area contributed by atoms with Crippen molar-refractivity contribution >= 4 is 11.6 Å². The van der Waals surface area contributed by atoms with Gasteiger partial charge in [0.2, 0.25) is 0 Å². The van der Waals surface area contributed by atoms with Crippen molar-refractivity contribution in [2.75, 3.05) is 5.32 Å². The van der Waals surface area contributed by atoms with Crippen LogP contribution in [0.3, 0.4) is 0 Å². The number of rotatable bonds is 7. The molecule has 0 aliphatic carbocycles. The molecule has 0 unspecified atom stereocenters. The summed E-state index contributed by atoms with van der Waals surface area (Å²) in [6, 6.07) is 24.5. The molecule has 1 heterocycles. The van der Waals surface area contributed by atoms with Crippen LogP contribution in [0, 0.1) is 0 Å². The van der Waals surface area contributed by atoms with E-state index in [4.69, 9.17) is 4.74 Å². The number of aromatic amines is 1. The molecule has 0 spiro atoms. The second kappa shape index (κ2) is 9.26. The van der Waals surface area contributed by atoms with Gasteiger partial charge in [-0.3, -0.25) is 9.89 Å². The van der Waals surface area contributed by atoms with Gasteiger partial charge in [0.1, 0.15) is 18.2 Å². The maximum Gasteiger partial charge on any atom is 0.255 e. The van der Waals surface area contributed by atoms with Crippen molar-refractivity contribution in [2.45, 2.75) is 26.4 Å². The van der Waals surface area contributed by atoms with E-state index in [-0.39, 0.29) is 11.8 Å². The zero-order chi connectivity index (χ0) is 21.6. The Hall–Kier alpha value is -3.93. The quantitative estimate of drug-likeness (QED) is 0.424. The van der Waals surface area contributed by atoms with E-state index in [1.807, 2.05) is 80.6 Å². The number of carbonyl (C=O) groups excluding carboxylic acids is 1. The van der Waals surface area contributed by atoms with E-state index in [2.05, 4.69) is 20.5 Å². The highest BCUT2D eigenvalue weighted by atomic mass is 16.5. The fourth-order valence-electron chi connectivity index (χ4n) is 3.07. The Morgan fingerprint density at radius 3 is 2.39 bits per heavy atom. The molecule has 3 aromatic carbocycles. The van der Waals surface area contributed by atoms with Gasteiger partial charge >= 0.3 is 0 Å². The maximum absolute atomic E-state index is 12.8. The summed E-state index contributed by atoms with van der Waals surface area (Å²) in [6.45, 7) is 4.54. The van der Waals surface area contributed by atoms with Gasteiger partial charge < -0.3 is 10.1 Å². The van der Waals surface area contributed by atoms with Crippen LogP contribution in [-0.4, -0.2) is 21.1 Å². The molecule has 1 amide bonds. The predicted octanol–water partition coefficient (Wildman–Crippen LogP) is 5.43. The van der Waals surface area contributed by atoms with E-state index in [9.17, 15) is 4.79 Å². The Morgan fingerprint density at radius 2 is 1.68 bits per heavy atom. The first-order valence-corrected chi connectivity index (χ1v) is 10.2. The van der Waals surface area contributed by atoms with Crippen molar-refractivity contribution in [3.63, 3.8) is 0 Å². The topological polar surface area (TPSA) is 79.9 Å². The third-order valence-corrected chi connectivity index (χ3v) is 4.83. The van der Waals surface area contributed by atoms with Crippen LogP contribution < -0.4 is 10.1 Å². The highest BCUT2D eigenvalue weighted by Gasteiger charge is 2.14. The number of ether oxygens (including phenoxy) is 1. The SMILES string of the molecule is CC(C)c1nc(-c2ccccc2NC(=O)c2ccc(COc3ccccc3)cc2)n[nH]1. The van der Waals surface area contributed by atoms with Crippen molar-refractivity contribution in [2.24, 2.45) is 0 Å². The lowest BCUT2D eigenvalue weighted by Gasteiger charge is -2.10. The van der Waals surface area contributed by atoms with Gasteiger partial charge in [-0.25, -0.2) is 4.98 Å². The van der Waals surface area contributed by atoms with E-state index in [1.165, 1.54) is 0 Å². The summed E-state index contributed by atoms with van der Waals surface area (Å²) in [6.07, 6.45) is 0. The maximum atomic E-state index is 12.8. The average molecular weight is 412 g/mol. The summed E-state index contributed by atoms with van der Waals surface area (Å²) in [5.41, 5.74) is 2.99. The van der Waals surface area contributed by atoms with E-state index in [1.54, 1.807) is 12.1 Å². The minimum atomic E-state index is -0.192. The number of nitrogens with one attached hydrogen (secondary N) is 2. The summed E-state index contributed by atoms with van der Waals surface area (Å²) in [7, 11) is 0. The van der Waals surface area contributed by atoms with Gasteiger partial charge in [-0.1, -0.05) is 56.3 Å². The summed E-state index contributed by atoms with van der Waals surface area (Å²) in [4.78, 5) is 17.4. The summed E-state index contributed by atoms with van der Waals surface area (Å²) < 4.78 is 5.75. The van der Waals surface area contributed by atoms with E-state index >= 15 is 0 Å². The molecule has 0 radical (unpaired) electrons. The van der Waals surface area contributed by atoms with Crippen LogP contribution in [0.5, 0.6) is 5.75 Å². The van der Waals surface area contributed by atoms with Gasteiger partial charge in [0.15, 0.2) is 5.82 Å². The van der Waals surface area contributed by atoms with E-state index in [0.29, 0.717) is 23.7 Å². The molecule has 31 heavy (non-hydrogen) atoms. The molecule has 0 aliphatic heterocycles. The molecule has 0 bridgehead atoms. The summed E-state index contributed by atoms with van der Waals surface area (Å²) in [5.74, 6) is 2.24. The number of carbonyl (C=O) groups is 1. The standard InChI is InChI=1S/C25H24N4O2/c1-17(2)23-27-24(29-28-23)21-10-6-7-11-22(21)26-25(30)19-14-12-18(13-15-19)16-31-20-8-4-3-5-9-20/h3-15,17H,16H2,1-2H3,(H,26,30)(H,27,28,29). The second-order valence-electron chi connectivity index (χ2n) is 7.50. The number of amides is 1. The van der Waals surface area contributed by atoms with Crippen LogP contribution in [0.2, 0.25) is 0 Å². The number of para-hydroxylation sites is 2. The first-order chi connectivity index (χ1) is 15.1. The average Bonchev–Trinajstić information content (AvgIpc) is 3.30. The monoisotopic (exact) mass is 412 g/mol. The zero-order valence-electron chi connectivity index (χ0n) is 17.5. The molecule has 0 atom stereocenters. The highest BCUT2D eigenvalue weighted by molar-refractivity contribution is 6.06. The molecule has 6 nitrogen and oxygen atoms in total.